The number of aliphatic imine (C=N–C) groups is 1. The molecular weight excluding hydrogens is 286 g/mol. The molecule has 0 spiro atoms. The second-order valence-electron chi connectivity index (χ2n) is 6.72. The van der Waals surface area contributed by atoms with E-state index in [9.17, 15) is 0 Å². The summed E-state index contributed by atoms with van der Waals surface area (Å²) >= 11 is 0. The van der Waals surface area contributed by atoms with Crippen LogP contribution in [0.1, 0.15) is 46.2 Å². The van der Waals surface area contributed by atoms with Crippen LogP contribution in [-0.4, -0.2) is 10.5 Å². The molecule has 122 valence electrons. The van der Waals surface area contributed by atoms with Gasteiger partial charge < -0.3 is 10.3 Å². The van der Waals surface area contributed by atoms with Crippen molar-refractivity contribution in [3.8, 4) is 6.19 Å². The first-order valence-corrected chi connectivity index (χ1v) is 8.01. The lowest BCUT2D eigenvalue weighted by molar-refractivity contribution is 0.397. The van der Waals surface area contributed by atoms with E-state index in [4.69, 9.17) is 11.0 Å². The van der Waals surface area contributed by atoms with Gasteiger partial charge in [0.05, 0.1) is 5.69 Å². The quantitative estimate of drug-likeness (QED) is 0.390. The van der Waals surface area contributed by atoms with E-state index in [0.29, 0.717) is 0 Å². The first-order chi connectivity index (χ1) is 10.9. The normalized spacial score (nSPS) is 12.4. The van der Waals surface area contributed by atoms with Gasteiger partial charge in [-0.25, -0.2) is 4.99 Å². The lowest BCUT2D eigenvalue weighted by Gasteiger charge is -2.26. The van der Waals surface area contributed by atoms with Crippen molar-refractivity contribution < 1.29 is 0 Å². The molecule has 3 N–H and O–H groups in total. The van der Waals surface area contributed by atoms with Crippen LogP contribution >= 0.6 is 0 Å². The van der Waals surface area contributed by atoms with Crippen LogP contribution in [0.25, 0.3) is 10.9 Å². The Bertz CT molecular complexity index is 756. The third-order valence-electron chi connectivity index (χ3n) is 3.75. The molecule has 2 rings (SSSR count). The number of hydrogen-bond donors (Lipinski definition) is 2. The molecule has 1 aromatic carbocycles. The van der Waals surface area contributed by atoms with E-state index in [2.05, 4.69) is 54.7 Å². The number of nitriles is 1. The minimum absolute atomic E-state index is 0.0248. The first-order valence-electron chi connectivity index (χ1n) is 8.01. The number of rotatable bonds is 4. The zero-order valence-corrected chi connectivity index (χ0v) is 14.3. The second-order valence-corrected chi connectivity index (χ2v) is 6.72. The number of nitrogens with one attached hydrogen (secondary N) is 1. The van der Waals surface area contributed by atoms with Crippen LogP contribution in [0.2, 0.25) is 0 Å². The molecule has 0 amide bonds. The van der Waals surface area contributed by atoms with Gasteiger partial charge in [-0.05, 0) is 57.9 Å². The highest BCUT2D eigenvalue weighted by molar-refractivity contribution is 5.87. The third-order valence-corrected chi connectivity index (χ3v) is 3.75. The molecule has 1 aromatic heterocycles. The number of unbranched alkanes of at least 4 members (excludes halogenated alkanes) is 1. The minimum atomic E-state index is 0.0248. The van der Waals surface area contributed by atoms with Gasteiger partial charge in [-0.1, -0.05) is 13.3 Å². The number of aryl methyl sites for hydroxylation is 1. The van der Waals surface area contributed by atoms with Crippen LogP contribution in [0.4, 0.5) is 5.69 Å². The van der Waals surface area contributed by atoms with E-state index in [1.54, 1.807) is 6.19 Å². The smallest absolute Gasteiger partial charge is 0.207 e. The lowest BCUT2D eigenvalue weighted by Crippen LogP contribution is -2.26. The SMILES string of the molecule is CCCCc1cc2cc(N=C(N)NC#N)ccc2n1C(C)(C)C. The maximum Gasteiger partial charge on any atom is 0.207 e. The van der Waals surface area contributed by atoms with E-state index in [0.717, 1.165) is 17.5 Å². The predicted molar refractivity (Wildman–Crippen MR) is 95.6 cm³/mol. The Hall–Kier alpha value is -2.48. The standard InChI is InChI=1S/C18H25N5/c1-5-6-7-15-11-13-10-14(22-17(20)21-12-19)8-9-16(13)23(15)18(2,3)4/h8-11H,5-7H2,1-4H3,(H3,20,21,22). The molecular formula is C18H25N5. The fourth-order valence-electron chi connectivity index (χ4n) is 2.89. The van der Waals surface area contributed by atoms with Gasteiger partial charge >= 0.3 is 0 Å². The Morgan fingerprint density at radius 3 is 2.70 bits per heavy atom. The van der Waals surface area contributed by atoms with Crippen LogP contribution in [0.3, 0.4) is 0 Å². The Morgan fingerprint density at radius 1 is 1.35 bits per heavy atom. The zero-order chi connectivity index (χ0) is 17.0. The molecule has 0 saturated heterocycles. The molecule has 0 bridgehead atoms. The van der Waals surface area contributed by atoms with Crippen molar-refractivity contribution in [2.45, 2.75) is 52.5 Å². The summed E-state index contributed by atoms with van der Waals surface area (Å²) in [6.07, 6.45) is 5.20. The minimum Gasteiger partial charge on any atom is -0.369 e. The van der Waals surface area contributed by atoms with E-state index >= 15 is 0 Å². The Morgan fingerprint density at radius 2 is 2.09 bits per heavy atom. The third kappa shape index (κ3) is 3.84. The Kier molecular flexibility index (Phi) is 4.95. The fraction of sp³-hybridized carbons (Fsp3) is 0.444. The molecule has 1 heterocycles. The van der Waals surface area contributed by atoms with Crippen LogP contribution in [-0.2, 0) is 12.0 Å². The number of fused-ring (bicyclic) bond motifs is 1. The van der Waals surface area contributed by atoms with Gasteiger partial charge in [-0.2, -0.15) is 5.26 Å². The van der Waals surface area contributed by atoms with Crippen molar-refractivity contribution in [1.29, 1.82) is 5.26 Å². The summed E-state index contributed by atoms with van der Waals surface area (Å²) in [6.45, 7) is 8.89. The van der Waals surface area contributed by atoms with E-state index in [-0.39, 0.29) is 11.5 Å². The summed E-state index contributed by atoms with van der Waals surface area (Å²) in [5.41, 5.74) is 8.96. The molecule has 0 radical (unpaired) electrons. The second kappa shape index (κ2) is 6.74. The first kappa shape index (κ1) is 16.9. The lowest BCUT2D eigenvalue weighted by atomic mass is 10.1. The van der Waals surface area contributed by atoms with Crippen molar-refractivity contribution in [3.63, 3.8) is 0 Å². The number of nitrogens with two attached hydrogens (primary N) is 1. The Labute approximate surface area is 137 Å². The van der Waals surface area contributed by atoms with E-state index < -0.39 is 0 Å². The van der Waals surface area contributed by atoms with Gasteiger partial charge in [0.25, 0.3) is 0 Å². The fourth-order valence-corrected chi connectivity index (χ4v) is 2.89. The summed E-state index contributed by atoms with van der Waals surface area (Å²) < 4.78 is 2.41. The zero-order valence-electron chi connectivity index (χ0n) is 14.3. The monoisotopic (exact) mass is 311 g/mol. The average molecular weight is 311 g/mol. The van der Waals surface area contributed by atoms with Gasteiger partial charge in [0, 0.05) is 22.1 Å². The molecule has 5 nitrogen and oxygen atoms in total. The van der Waals surface area contributed by atoms with Gasteiger partial charge in [-0.15, -0.1) is 0 Å². The number of hydrogen-bond acceptors (Lipinski definition) is 2. The van der Waals surface area contributed by atoms with Gasteiger partial charge in [0.2, 0.25) is 5.96 Å². The van der Waals surface area contributed by atoms with Crippen LogP contribution in [0.5, 0.6) is 0 Å². The van der Waals surface area contributed by atoms with Crippen LogP contribution in [0.15, 0.2) is 29.3 Å². The van der Waals surface area contributed by atoms with Crippen LogP contribution in [0, 0.1) is 11.5 Å². The maximum absolute atomic E-state index is 8.57. The van der Waals surface area contributed by atoms with Gasteiger partial charge in [-0.3, -0.25) is 5.32 Å². The predicted octanol–water partition coefficient (Wildman–Crippen LogP) is 3.76. The molecule has 0 unspecified atom stereocenters. The molecule has 0 atom stereocenters. The molecule has 5 heteroatoms. The van der Waals surface area contributed by atoms with Gasteiger partial charge in [0.15, 0.2) is 6.19 Å². The molecule has 23 heavy (non-hydrogen) atoms. The van der Waals surface area contributed by atoms with Crippen molar-refractivity contribution in [1.82, 2.24) is 9.88 Å². The van der Waals surface area contributed by atoms with Crippen molar-refractivity contribution >= 4 is 22.5 Å². The highest BCUT2D eigenvalue weighted by Gasteiger charge is 2.19. The van der Waals surface area contributed by atoms with Gasteiger partial charge in [0.1, 0.15) is 0 Å². The highest BCUT2D eigenvalue weighted by Crippen LogP contribution is 2.31. The number of nitrogens with zero attached hydrogens (tertiary/aromatic N) is 3. The Balaban J connectivity index is 2.52. The average Bonchev–Trinajstić information content (AvgIpc) is 2.82. The summed E-state index contributed by atoms with van der Waals surface area (Å²) in [5, 5.41) is 12.1. The largest absolute Gasteiger partial charge is 0.369 e. The highest BCUT2D eigenvalue weighted by atomic mass is 15.1. The summed E-state index contributed by atoms with van der Waals surface area (Å²) in [6, 6.07) is 8.26. The maximum atomic E-state index is 8.57. The topological polar surface area (TPSA) is 79.1 Å². The number of aromatic nitrogens is 1. The molecule has 0 aliphatic carbocycles. The van der Waals surface area contributed by atoms with Crippen molar-refractivity contribution in [3.05, 3.63) is 30.0 Å². The summed E-state index contributed by atoms with van der Waals surface area (Å²) in [4.78, 5) is 4.21. The molecule has 0 fully saturated rings. The summed E-state index contributed by atoms with van der Waals surface area (Å²) in [7, 11) is 0. The number of guanidine groups is 1. The summed E-state index contributed by atoms with van der Waals surface area (Å²) in [5.74, 6) is 0.105. The van der Waals surface area contributed by atoms with Crippen LogP contribution < -0.4 is 11.1 Å². The molecule has 0 aliphatic heterocycles. The van der Waals surface area contributed by atoms with E-state index in [1.807, 2.05) is 12.1 Å². The van der Waals surface area contributed by atoms with Crippen molar-refractivity contribution in [2.24, 2.45) is 10.7 Å². The molecule has 0 saturated carbocycles. The molecule has 0 aliphatic rings. The van der Waals surface area contributed by atoms with E-state index in [1.165, 1.54) is 24.1 Å². The number of benzene rings is 1. The molecule has 2 aromatic rings. The van der Waals surface area contributed by atoms with Crippen molar-refractivity contribution in [2.75, 3.05) is 0 Å².